The molecule has 9 heteroatoms. The first-order valence-electron chi connectivity index (χ1n) is 12.0. The van der Waals surface area contributed by atoms with E-state index < -0.39 is 5.67 Å². The third kappa shape index (κ3) is 3.77. The molecule has 35 heavy (non-hydrogen) atoms. The lowest BCUT2D eigenvalue weighted by Crippen LogP contribution is -2.67. The average molecular weight is 471 g/mol. The minimum atomic E-state index is -0.826. The highest BCUT2D eigenvalue weighted by molar-refractivity contribution is 5.65. The number of pyridine rings is 2. The van der Waals surface area contributed by atoms with Gasteiger partial charge in [-0.3, -0.25) is 9.99 Å². The number of hydrazine groups is 2. The third-order valence-electron chi connectivity index (χ3n) is 7.36. The summed E-state index contributed by atoms with van der Waals surface area (Å²) in [7, 11) is 0. The molecular weight excluding hydrogens is 443 g/mol. The summed E-state index contributed by atoms with van der Waals surface area (Å²) in [5.74, 6) is 0. The Morgan fingerprint density at radius 3 is 2.77 bits per heavy atom. The van der Waals surface area contributed by atoms with Gasteiger partial charge < -0.3 is 19.7 Å². The molecule has 2 bridgehead atoms. The Kier molecular flexibility index (Phi) is 4.52. The normalized spacial score (nSPS) is 24.7. The lowest BCUT2D eigenvalue weighted by Gasteiger charge is -2.66. The van der Waals surface area contributed by atoms with Crippen LogP contribution in [0.3, 0.4) is 0 Å². The van der Waals surface area contributed by atoms with Crippen molar-refractivity contribution in [1.82, 2.24) is 40.2 Å². The molecule has 0 spiro atoms. The maximum Gasteiger partial charge on any atom is 0.137 e. The summed E-state index contributed by atoms with van der Waals surface area (Å²) in [4.78, 5) is 9.16. The number of alkyl halides is 1. The summed E-state index contributed by atoms with van der Waals surface area (Å²) in [6, 6.07) is 10.2. The number of hydrogen-bond acceptors (Lipinski definition) is 6. The van der Waals surface area contributed by atoms with Crippen molar-refractivity contribution < 1.29 is 4.39 Å². The first kappa shape index (κ1) is 20.7. The van der Waals surface area contributed by atoms with Crippen LogP contribution in [0.4, 0.5) is 4.39 Å². The van der Waals surface area contributed by atoms with E-state index in [-0.39, 0.29) is 5.41 Å². The standard InChI is InChI=1S/C26H27FN8/c27-26-15-25(16-26,17-26)18-29-8-19-3-4-24-30-21(12-34(24)11-19)13-35-14-23(31-32-35)20-7-22(10-28-9-20)33-5-1-2-6-33/h1-7,9-12,14,29,31-32H,8,13,15-18H2. The van der Waals surface area contributed by atoms with Crippen molar-refractivity contribution in [3.63, 3.8) is 0 Å². The van der Waals surface area contributed by atoms with Crippen molar-refractivity contribution in [2.24, 2.45) is 5.41 Å². The maximum atomic E-state index is 13.7. The van der Waals surface area contributed by atoms with Crippen molar-refractivity contribution in [3.8, 4) is 5.69 Å². The quantitative estimate of drug-likeness (QED) is 0.367. The summed E-state index contributed by atoms with van der Waals surface area (Å²) < 4.78 is 17.8. The van der Waals surface area contributed by atoms with Gasteiger partial charge in [-0.1, -0.05) is 6.07 Å². The zero-order valence-corrected chi connectivity index (χ0v) is 19.3. The molecule has 1 aliphatic heterocycles. The van der Waals surface area contributed by atoms with Crippen molar-refractivity contribution in [2.45, 2.75) is 38.0 Å². The summed E-state index contributed by atoms with van der Waals surface area (Å²) >= 11 is 0. The second-order valence-corrected chi connectivity index (χ2v) is 10.2. The lowest BCUT2D eigenvalue weighted by molar-refractivity contribution is -0.209. The molecule has 3 saturated carbocycles. The van der Waals surface area contributed by atoms with Gasteiger partial charge in [-0.05, 0) is 54.5 Å². The van der Waals surface area contributed by atoms with E-state index in [4.69, 9.17) is 4.98 Å². The Morgan fingerprint density at radius 2 is 1.94 bits per heavy atom. The lowest BCUT2D eigenvalue weighted by atomic mass is 9.42. The van der Waals surface area contributed by atoms with Gasteiger partial charge in [0.05, 0.1) is 29.8 Å². The molecule has 0 saturated heterocycles. The van der Waals surface area contributed by atoms with Crippen LogP contribution in [0.1, 0.15) is 36.1 Å². The van der Waals surface area contributed by atoms with Crippen molar-refractivity contribution in [3.05, 3.63) is 90.5 Å². The van der Waals surface area contributed by atoms with Crippen LogP contribution in [-0.4, -0.2) is 36.2 Å². The summed E-state index contributed by atoms with van der Waals surface area (Å²) in [5, 5.41) is 5.50. The van der Waals surface area contributed by atoms with Gasteiger partial charge >= 0.3 is 0 Å². The molecule has 0 amide bonds. The molecule has 4 aromatic heterocycles. The number of aromatic nitrogens is 4. The van der Waals surface area contributed by atoms with Crippen LogP contribution >= 0.6 is 0 Å². The van der Waals surface area contributed by atoms with E-state index in [2.05, 4.69) is 50.2 Å². The molecular formula is C26H27FN8. The van der Waals surface area contributed by atoms with Crippen molar-refractivity contribution in [1.29, 1.82) is 0 Å². The second-order valence-electron chi connectivity index (χ2n) is 10.2. The third-order valence-corrected chi connectivity index (χ3v) is 7.36. The predicted octanol–water partition coefficient (Wildman–Crippen LogP) is 3.33. The van der Waals surface area contributed by atoms with Crippen molar-refractivity contribution >= 4 is 11.3 Å². The fourth-order valence-corrected chi connectivity index (χ4v) is 5.77. The molecule has 3 fully saturated rings. The van der Waals surface area contributed by atoms with Crippen LogP contribution in [0.15, 0.2) is 73.7 Å². The smallest absolute Gasteiger partial charge is 0.137 e. The first-order chi connectivity index (χ1) is 17.0. The first-order valence-corrected chi connectivity index (χ1v) is 12.0. The number of hydrogen-bond donors (Lipinski definition) is 3. The molecule has 0 aromatic carbocycles. The van der Waals surface area contributed by atoms with Gasteiger partial charge in [0.1, 0.15) is 11.3 Å². The van der Waals surface area contributed by atoms with E-state index in [1.807, 2.05) is 58.8 Å². The largest absolute Gasteiger partial charge is 0.322 e. The number of nitrogens with zero attached hydrogens (tertiary/aromatic N) is 5. The monoisotopic (exact) mass is 470 g/mol. The average Bonchev–Trinajstić information content (AvgIpc) is 3.58. The Balaban J connectivity index is 1.00. The minimum absolute atomic E-state index is 0.226. The van der Waals surface area contributed by atoms with E-state index >= 15 is 0 Å². The zero-order chi connectivity index (χ0) is 23.5. The van der Waals surface area contributed by atoms with Crippen LogP contribution in [-0.2, 0) is 13.1 Å². The van der Waals surface area contributed by atoms with Crippen LogP contribution in [0.5, 0.6) is 0 Å². The highest BCUT2D eigenvalue weighted by Crippen LogP contribution is 2.69. The van der Waals surface area contributed by atoms with Gasteiger partial charge in [-0.15, -0.1) is 5.53 Å². The number of nitrogens with one attached hydrogen (secondary N) is 3. The highest BCUT2D eigenvalue weighted by atomic mass is 19.1. The molecule has 3 N–H and O–H groups in total. The molecule has 0 radical (unpaired) electrons. The predicted molar refractivity (Wildman–Crippen MR) is 130 cm³/mol. The number of rotatable bonds is 8. The Labute approximate surface area is 202 Å². The Bertz CT molecular complexity index is 1400. The fraction of sp³-hybridized carbons (Fsp3) is 0.308. The van der Waals surface area contributed by atoms with E-state index in [1.54, 1.807) is 0 Å². The van der Waals surface area contributed by atoms with E-state index in [9.17, 15) is 4.39 Å². The minimum Gasteiger partial charge on any atom is -0.322 e. The molecule has 0 unspecified atom stereocenters. The number of halogens is 1. The Morgan fingerprint density at radius 1 is 1.09 bits per heavy atom. The molecule has 4 aliphatic rings. The van der Waals surface area contributed by atoms with Crippen LogP contribution in [0, 0.1) is 5.41 Å². The number of fused-ring (bicyclic) bond motifs is 1. The Hall–Kier alpha value is -3.69. The van der Waals surface area contributed by atoms with Gasteiger partial charge in [0.2, 0.25) is 0 Å². The van der Waals surface area contributed by atoms with Gasteiger partial charge in [-0.2, -0.15) is 0 Å². The highest BCUT2D eigenvalue weighted by Gasteiger charge is 2.68. The topological polar surface area (TPSA) is 74.5 Å². The molecule has 8 rings (SSSR count). The maximum absolute atomic E-state index is 13.7. The summed E-state index contributed by atoms with van der Waals surface area (Å²) in [5.41, 5.74) is 11.9. The van der Waals surface area contributed by atoms with E-state index in [0.717, 1.165) is 60.6 Å². The molecule has 178 valence electrons. The van der Waals surface area contributed by atoms with Gasteiger partial charge in [0.25, 0.3) is 0 Å². The van der Waals surface area contributed by atoms with Gasteiger partial charge in [-0.25, -0.2) is 9.37 Å². The molecule has 4 aromatic rings. The molecule has 8 nitrogen and oxygen atoms in total. The second kappa shape index (κ2) is 7.66. The van der Waals surface area contributed by atoms with Crippen LogP contribution in [0.25, 0.3) is 17.0 Å². The molecule has 5 heterocycles. The number of imidazole rings is 1. The fourth-order valence-electron chi connectivity index (χ4n) is 5.77. The molecule has 3 aliphatic carbocycles. The van der Waals surface area contributed by atoms with Crippen LogP contribution < -0.4 is 16.3 Å². The zero-order valence-electron chi connectivity index (χ0n) is 19.3. The van der Waals surface area contributed by atoms with Gasteiger partial charge in [0.15, 0.2) is 0 Å². The summed E-state index contributed by atoms with van der Waals surface area (Å²) in [6.45, 7) is 2.30. The van der Waals surface area contributed by atoms with Crippen LogP contribution in [0.2, 0.25) is 0 Å². The van der Waals surface area contributed by atoms with Gasteiger partial charge in [0, 0.05) is 55.8 Å². The van der Waals surface area contributed by atoms with E-state index in [1.165, 1.54) is 5.56 Å². The van der Waals surface area contributed by atoms with E-state index in [0.29, 0.717) is 6.54 Å². The molecule has 0 atom stereocenters. The summed E-state index contributed by atoms with van der Waals surface area (Å²) in [6.07, 6.45) is 16.1. The van der Waals surface area contributed by atoms with Crippen molar-refractivity contribution in [2.75, 3.05) is 6.54 Å². The SMILES string of the molecule is FC12CC(CNCc3ccc4nc(CN5C=C(c6cncc(-n7cccc7)c6)NN5)cn4c3)(C1)C2.